The van der Waals surface area contributed by atoms with Gasteiger partial charge in [-0.15, -0.1) is 0 Å². The molecule has 1 aromatic rings. The van der Waals surface area contributed by atoms with E-state index in [1.165, 1.54) is 6.92 Å². The van der Waals surface area contributed by atoms with Crippen molar-refractivity contribution in [3.63, 3.8) is 0 Å². The van der Waals surface area contributed by atoms with Crippen LogP contribution in [-0.2, 0) is 9.53 Å². The van der Waals surface area contributed by atoms with Gasteiger partial charge in [-0.3, -0.25) is 4.79 Å². The molecular weight excluding hydrogens is 178 g/mol. The third-order valence-corrected chi connectivity index (χ3v) is 2.34. The average molecular weight is 191 g/mol. The predicted molar refractivity (Wildman–Crippen MR) is 52.7 cm³/mol. The summed E-state index contributed by atoms with van der Waals surface area (Å²) in [5.41, 5.74) is 1.12. The molecule has 2 atom stereocenters. The minimum absolute atomic E-state index is 0.000712. The highest BCUT2D eigenvalue weighted by atomic mass is 16.5. The van der Waals surface area contributed by atoms with Gasteiger partial charge >= 0.3 is 0 Å². The topological polar surface area (TPSA) is 38.3 Å². The molecule has 0 spiro atoms. The molecule has 1 saturated heterocycles. The summed E-state index contributed by atoms with van der Waals surface area (Å²) >= 11 is 0. The number of carbonyl (C=O) groups is 1. The summed E-state index contributed by atoms with van der Waals surface area (Å²) in [6, 6.07) is 10.1. The maximum absolute atomic E-state index is 10.9. The van der Waals surface area contributed by atoms with Gasteiger partial charge < -0.3 is 10.1 Å². The van der Waals surface area contributed by atoms with E-state index in [1.54, 1.807) is 0 Å². The number of benzene rings is 1. The summed E-state index contributed by atoms with van der Waals surface area (Å²) in [5.74, 6) is -0.000712. The molecule has 0 bridgehead atoms. The van der Waals surface area contributed by atoms with Crippen molar-refractivity contribution in [3.8, 4) is 0 Å². The Hall–Kier alpha value is -1.35. The van der Waals surface area contributed by atoms with Gasteiger partial charge in [-0.2, -0.15) is 0 Å². The van der Waals surface area contributed by atoms with E-state index in [-0.39, 0.29) is 18.1 Å². The quantitative estimate of drug-likeness (QED) is 0.764. The van der Waals surface area contributed by atoms with Gasteiger partial charge in [0.05, 0.1) is 12.6 Å². The highest BCUT2D eigenvalue weighted by Gasteiger charge is 2.33. The zero-order chi connectivity index (χ0) is 9.97. The first-order chi connectivity index (χ1) is 6.77. The van der Waals surface area contributed by atoms with Crippen LogP contribution in [0.25, 0.3) is 0 Å². The van der Waals surface area contributed by atoms with Gasteiger partial charge in [0.15, 0.2) is 0 Å². The second kappa shape index (κ2) is 3.80. The Morgan fingerprint density at radius 3 is 2.64 bits per heavy atom. The fourth-order valence-corrected chi connectivity index (χ4v) is 1.64. The average Bonchev–Trinajstić information content (AvgIpc) is 2.14. The number of carbonyl (C=O) groups excluding carboxylic acids is 1. The Kier molecular flexibility index (Phi) is 2.50. The number of amides is 1. The van der Waals surface area contributed by atoms with Crippen LogP contribution in [0.5, 0.6) is 0 Å². The Bertz CT molecular complexity index is 323. The highest BCUT2D eigenvalue weighted by molar-refractivity contribution is 5.73. The van der Waals surface area contributed by atoms with Crippen molar-refractivity contribution in [2.24, 2.45) is 0 Å². The lowest BCUT2D eigenvalue weighted by Crippen LogP contribution is -2.50. The molecule has 0 radical (unpaired) electrons. The first-order valence-corrected chi connectivity index (χ1v) is 4.71. The summed E-state index contributed by atoms with van der Waals surface area (Å²) in [6.45, 7) is 2.14. The standard InChI is InChI=1S/C11H13NO2/c1-8(13)12-10-7-14-11(10)9-5-3-2-4-6-9/h2-6,10-11H,7H2,1H3,(H,12,13)/t10-,11-/m1/s1. The van der Waals surface area contributed by atoms with Crippen LogP contribution in [0.4, 0.5) is 0 Å². The molecule has 1 aromatic carbocycles. The summed E-state index contributed by atoms with van der Waals surface area (Å²) in [6.07, 6.45) is 0.0279. The van der Waals surface area contributed by atoms with Crippen molar-refractivity contribution >= 4 is 5.91 Å². The zero-order valence-electron chi connectivity index (χ0n) is 8.07. The van der Waals surface area contributed by atoms with E-state index in [4.69, 9.17) is 4.74 Å². The molecule has 1 N–H and O–H groups in total. The number of hydrogen-bond acceptors (Lipinski definition) is 2. The molecule has 1 aliphatic heterocycles. The highest BCUT2D eigenvalue weighted by Crippen LogP contribution is 2.29. The van der Waals surface area contributed by atoms with Gasteiger partial charge in [-0.1, -0.05) is 30.3 Å². The first-order valence-electron chi connectivity index (χ1n) is 4.71. The lowest BCUT2D eigenvalue weighted by molar-refractivity contribution is -0.130. The van der Waals surface area contributed by atoms with Crippen molar-refractivity contribution in [2.75, 3.05) is 6.61 Å². The molecule has 0 aliphatic carbocycles. The minimum atomic E-state index is -0.000712. The van der Waals surface area contributed by atoms with Crippen molar-refractivity contribution in [3.05, 3.63) is 35.9 Å². The van der Waals surface area contributed by atoms with Crippen LogP contribution in [0.2, 0.25) is 0 Å². The summed E-state index contributed by atoms with van der Waals surface area (Å²) in [4.78, 5) is 10.9. The monoisotopic (exact) mass is 191 g/mol. The Morgan fingerprint density at radius 2 is 2.14 bits per heavy atom. The van der Waals surface area contributed by atoms with E-state index in [9.17, 15) is 4.79 Å². The second-order valence-corrected chi connectivity index (χ2v) is 3.47. The SMILES string of the molecule is CC(=O)N[C@@H]1CO[C@@H]1c1ccccc1. The van der Waals surface area contributed by atoms with Gasteiger partial charge in [0, 0.05) is 6.92 Å². The van der Waals surface area contributed by atoms with Crippen LogP contribution in [0, 0.1) is 0 Å². The smallest absolute Gasteiger partial charge is 0.217 e. The van der Waals surface area contributed by atoms with Crippen molar-refractivity contribution in [1.29, 1.82) is 0 Å². The normalized spacial score (nSPS) is 25.2. The van der Waals surface area contributed by atoms with Crippen molar-refractivity contribution < 1.29 is 9.53 Å². The Labute approximate surface area is 83.1 Å². The van der Waals surface area contributed by atoms with E-state index in [0.717, 1.165) is 5.56 Å². The van der Waals surface area contributed by atoms with E-state index in [2.05, 4.69) is 5.32 Å². The van der Waals surface area contributed by atoms with E-state index >= 15 is 0 Å². The molecule has 1 heterocycles. The molecule has 3 nitrogen and oxygen atoms in total. The molecule has 3 heteroatoms. The van der Waals surface area contributed by atoms with E-state index < -0.39 is 0 Å². The van der Waals surface area contributed by atoms with Crippen molar-refractivity contribution in [1.82, 2.24) is 5.32 Å². The molecule has 1 aliphatic rings. The van der Waals surface area contributed by atoms with Gasteiger partial charge in [0.25, 0.3) is 0 Å². The third-order valence-electron chi connectivity index (χ3n) is 2.34. The van der Waals surface area contributed by atoms with Crippen molar-refractivity contribution in [2.45, 2.75) is 19.1 Å². The third kappa shape index (κ3) is 1.77. The number of hydrogen-bond donors (Lipinski definition) is 1. The minimum Gasteiger partial charge on any atom is -0.369 e. The molecular formula is C11H13NO2. The maximum Gasteiger partial charge on any atom is 0.217 e. The molecule has 1 fully saturated rings. The maximum atomic E-state index is 10.9. The molecule has 1 amide bonds. The van der Waals surface area contributed by atoms with Gasteiger partial charge in [0.1, 0.15) is 6.10 Å². The second-order valence-electron chi connectivity index (χ2n) is 3.47. The number of rotatable bonds is 2. The zero-order valence-corrected chi connectivity index (χ0v) is 8.07. The molecule has 0 unspecified atom stereocenters. The largest absolute Gasteiger partial charge is 0.369 e. The Balaban J connectivity index is 2.03. The lowest BCUT2D eigenvalue weighted by Gasteiger charge is -2.37. The fraction of sp³-hybridized carbons (Fsp3) is 0.364. The van der Waals surface area contributed by atoms with Crippen LogP contribution in [-0.4, -0.2) is 18.6 Å². The first kappa shape index (κ1) is 9.21. The van der Waals surface area contributed by atoms with E-state index in [1.807, 2.05) is 30.3 Å². The van der Waals surface area contributed by atoms with Gasteiger partial charge in [-0.25, -0.2) is 0 Å². The number of nitrogens with one attached hydrogen (secondary N) is 1. The van der Waals surface area contributed by atoms with E-state index in [0.29, 0.717) is 6.61 Å². The summed E-state index contributed by atoms with van der Waals surface area (Å²) in [5, 5.41) is 2.86. The molecule has 0 aromatic heterocycles. The molecule has 2 rings (SSSR count). The molecule has 74 valence electrons. The van der Waals surface area contributed by atoms with Crippen LogP contribution >= 0.6 is 0 Å². The van der Waals surface area contributed by atoms with Crippen LogP contribution in [0.3, 0.4) is 0 Å². The summed E-state index contributed by atoms with van der Waals surface area (Å²) < 4.78 is 5.42. The molecule has 14 heavy (non-hydrogen) atoms. The summed E-state index contributed by atoms with van der Waals surface area (Å²) in [7, 11) is 0. The van der Waals surface area contributed by atoms with Crippen LogP contribution in [0.1, 0.15) is 18.6 Å². The lowest BCUT2D eigenvalue weighted by atomic mass is 9.98. The van der Waals surface area contributed by atoms with Crippen LogP contribution < -0.4 is 5.32 Å². The van der Waals surface area contributed by atoms with Crippen LogP contribution in [0.15, 0.2) is 30.3 Å². The van der Waals surface area contributed by atoms with Gasteiger partial charge in [-0.05, 0) is 5.56 Å². The van der Waals surface area contributed by atoms with Gasteiger partial charge in [0.2, 0.25) is 5.91 Å². The molecule has 0 saturated carbocycles. The Morgan fingerprint density at radius 1 is 1.43 bits per heavy atom. The predicted octanol–water partition coefficient (Wildman–Crippen LogP) is 1.26. The fourth-order valence-electron chi connectivity index (χ4n) is 1.64. The number of ether oxygens (including phenoxy) is 1.